The molecule has 4 atom stereocenters. The van der Waals surface area contributed by atoms with Crippen LogP contribution in [0.5, 0.6) is 0 Å². The number of hydrogen-bond acceptors (Lipinski definition) is 8. The number of carboxylic acids is 1. The number of aliphatic hydroxyl groups excluding tert-OH is 1. The lowest BCUT2D eigenvalue weighted by atomic mass is 10.1. The second-order valence-electron chi connectivity index (χ2n) is 5.36. The van der Waals surface area contributed by atoms with E-state index in [1.807, 2.05) is 5.32 Å². The summed E-state index contributed by atoms with van der Waals surface area (Å²) in [4.78, 5) is 57.5. The molecule has 0 radical (unpaired) electrons. The third-order valence-corrected chi connectivity index (χ3v) is 3.44. The Bertz CT molecular complexity index is 557. The third kappa shape index (κ3) is 8.64. The number of rotatable bonds is 11. The van der Waals surface area contributed by atoms with Crippen LogP contribution in [0.15, 0.2) is 0 Å². The second-order valence-corrected chi connectivity index (χ2v) is 5.72. The summed E-state index contributed by atoms with van der Waals surface area (Å²) in [5.74, 6) is -5.00. The minimum Gasteiger partial charge on any atom is -0.480 e. The monoisotopic (exact) mass is 393 g/mol. The van der Waals surface area contributed by atoms with Crippen LogP contribution in [0.25, 0.3) is 0 Å². The first kappa shape index (κ1) is 23.6. The van der Waals surface area contributed by atoms with Crippen molar-refractivity contribution in [3.63, 3.8) is 0 Å². The average molecular weight is 393 g/mol. The van der Waals surface area contributed by atoms with Crippen molar-refractivity contribution in [2.24, 2.45) is 11.5 Å². The van der Waals surface area contributed by atoms with Crippen molar-refractivity contribution in [1.82, 2.24) is 16.0 Å². The molecule has 0 aliphatic carbocycles. The molecule has 0 aromatic rings. The first-order chi connectivity index (χ1) is 12.0. The molecule has 0 fully saturated rings. The van der Waals surface area contributed by atoms with Crippen LogP contribution in [0.4, 0.5) is 0 Å². The van der Waals surface area contributed by atoms with Gasteiger partial charge in [-0.25, -0.2) is 0 Å². The molecule has 0 heterocycles. The second kappa shape index (κ2) is 11.3. The molecule has 9 N–H and O–H groups in total. The molecule has 148 valence electrons. The first-order valence-corrected chi connectivity index (χ1v) is 8.05. The van der Waals surface area contributed by atoms with Crippen molar-refractivity contribution < 1.29 is 34.2 Å². The number of hydrogen-bond donors (Lipinski definition) is 8. The summed E-state index contributed by atoms with van der Waals surface area (Å²) in [6.45, 7) is 0.474. The van der Waals surface area contributed by atoms with E-state index in [0.29, 0.717) is 0 Å². The predicted molar refractivity (Wildman–Crippen MR) is 91.8 cm³/mol. The number of carbonyl (C=O) groups excluding carboxylic acids is 4. The lowest BCUT2D eigenvalue weighted by Crippen LogP contribution is -2.59. The van der Waals surface area contributed by atoms with Crippen LogP contribution in [-0.2, 0) is 24.0 Å². The minimum atomic E-state index is -1.49. The summed E-state index contributed by atoms with van der Waals surface area (Å²) < 4.78 is 0. The summed E-state index contributed by atoms with van der Waals surface area (Å²) in [7, 11) is 0. The van der Waals surface area contributed by atoms with Crippen LogP contribution in [0.1, 0.15) is 13.3 Å². The molecule has 0 aliphatic heterocycles. The smallest absolute Gasteiger partial charge is 0.322 e. The van der Waals surface area contributed by atoms with Gasteiger partial charge in [0.1, 0.15) is 18.6 Å². The minimum absolute atomic E-state index is 0.0120. The lowest BCUT2D eigenvalue weighted by molar-refractivity contribution is -0.139. The zero-order valence-electron chi connectivity index (χ0n) is 14.0. The van der Waals surface area contributed by atoms with E-state index < -0.39 is 66.8 Å². The van der Waals surface area contributed by atoms with Gasteiger partial charge in [-0.05, 0) is 6.92 Å². The van der Waals surface area contributed by atoms with E-state index in [9.17, 15) is 29.1 Å². The van der Waals surface area contributed by atoms with Gasteiger partial charge in [0.2, 0.25) is 23.6 Å². The van der Waals surface area contributed by atoms with E-state index >= 15 is 0 Å². The molecule has 12 nitrogen and oxygen atoms in total. The quantitative estimate of drug-likeness (QED) is 0.160. The van der Waals surface area contributed by atoms with Crippen LogP contribution in [0.2, 0.25) is 0 Å². The highest BCUT2D eigenvalue weighted by molar-refractivity contribution is 7.80. The zero-order chi connectivity index (χ0) is 20.4. The zero-order valence-corrected chi connectivity index (χ0v) is 14.9. The van der Waals surface area contributed by atoms with Crippen LogP contribution < -0.4 is 27.4 Å². The fourth-order valence-electron chi connectivity index (χ4n) is 1.71. The topological polar surface area (TPSA) is 214 Å². The molecule has 26 heavy (non-hydrogen) atoms. The Kier molecular flexibility index (Phi) is 10.2. The van der Waals surface area contributed by atoms with E-state index in [4.69, 9.17) is 16.6 Å². The maximum Gasteiger partial charge on any atom is 0.322 e. The van der Waals surface area contributed by atoms with Crippen molar-refractivity contribution in [3.8, 4) is 0 Å². The Morgan fingerprint density at radius 1 is 1.08 bits per heavy atom. The van der Waals surface area contributed by atoms with Crippen LogP contribution in [0.3, 0.4) is 0 Å². The molecule has 0 bridgehead atoms. The number of nitrogens with two attached hydrogens (primary N) is 2. The number of carbonyl (C=O) groups is 5. The van der Waals surface area contributed by atoms with Gasteiger partial charge in [0.25, 0.3) is 0 Å². The molecule has 4 amide bonds. The molecule has 0 saturated carbocycles. The predicted octanol–water partition coefficient (Wildman–Crippen LogP) is -4.33. The van der Waals surface area contributed by atoms with Gasteiger partial charge in [0.05, 0.1) is 18.6 Å². The summed E-state index contributed by atoms with van der Waals surface area (Å²) >= 11 is 3.84. The number of carboxylic acid groups (broad SMARTS) is 1. The summed E-state index contributed by atoms with van der Waals surface area (Å²) in [5, 5.41) is 24.6. The molecule has 0 aromatic heterocycles. The van der Waals surface area contributed by atoms with Crippen molar-refractivity contribution in [3.05, 3.63) is 0 Å². The van der Waals surface area contributed by atoms with Crippen LogP contribution in [-0.4, -0.2) is 76.3 Å². The molecule has 0 rings (SSSR count). The van der Waals surface area contributed by atoms with Crippen LogP contribution >= 0.6 is 12.6 Å². The Morgan fingerprint density at radius 3 is 2.08 bits per heavy atom. The average Bonchev–Trinajstić information content (AvgIpc) is 2.54. The number of thiol groups is 1. The number of aliphatic hydroxyl groups is 1. The first-order valence-electron chi connectivity index (χ1n) is 7.42. The van der Waals surface area contributed by atoms with Crippen molar-refractivity contribution >= 4 is 42.2 Å². The summed E-state index contributed by atoms with van der Waals surface area (Å²) in [5.41, 5.74) is 10.5. The maximum atomic E-state index is 12.3. The SMILES string of the molecule is CC(O)C(NC(=O)C(N)CS)C(=O)NC(CC(N)=O)C(=O)NCC(=O)O. The standard InChI is InChI=1S/C13H23N5O7S/c1-5(19)10(18-11(23)6(14)4-26)13(25)17-7(2-8(15)20)12(24)16-3-9(21)22/h5-7,10,19,26H,2-4,14H2,1H3,(H2,15,20)(H,16,24)(H,17,25)(H,18,23)(H,21,22). The Hall–Kier alpha value is -2.38. The summed E-state index contributed by atoms with van der Waals surface area (Å²) in [6, 6.07) is -4.00. The van der Waals surface area contributed by atoms with E-state index in [-0.39, 0.29) is 5.75 Å². The van der Waals surface area contributed by atoms with Gasteiger partial charge in [-0.1, -0.05) is 0 Å². The fraction of sp³-hybridized carbons (Fsp3) is 0.615. The lowest BCUT2D eigenvalue weighted by Gasteiger charge is -2.25. The normalized spacial score (nSPS) is 15.1. The van der Waals surface area contributed by atoms with Crippen LogP contribution in [0, 0.1) is 0 Å². The Labute approximate surface area is 154 Å². The molecule has 0 aliphatic rings. The van der Waals surface area contributed by atoms with Gasteiger partial charge < -0.3 is 37.6 Å². The van der Waals surface area contributed by atoms with Gasteiger partial charge in [0.15, 0.2) is 0 Å². The largest absolute Gasteiger partial charge is 0.480 e. The highest BCUT2D eigenvalue weighted by Crippen LogP contribution is 1.99. The van der Waals surface area contributed by atoms with Gasteiger partial charge in [0, 0.05) is 5.75 Å². The van der Waals surface area contributed by atoms with Gasteiger partial charge in [-0.2, -0.15) is 12.6 Å². The molecule has 13 heteroatoms. The summed E-state index contributed by atoms with van der Waals surface area (Å²) in [6.07, 6.45) is -1.98. The number of primary amides is 1. The number of aliphatic carboxylic acids is 1. The number of nitrogens with one attached hydrogen (secondary N) is 3. The Balaban J connectivity index is 5.15. The van der Waals surface area contributed by atoms with Crippen molar-refractivity contribution in [2.75, 3.05) is 12.3 Å². The van der Waals surface area contributed by atoms with E-state index in [0.717, 1.165) is 0 Å². The van der Waals surface area contributed by atoms with E-state index in [1.165, 1.54) is 6.92 Å². The van der Waals surface area contributed by atoms with Gasteiger partial charge >= 0.3 is 5.97 Å². The van der Waals surface area contributed by atoms with E-state index in [2.05, 4.69) is 23.3 Å². The fourth-order valence-corrected chi connectivity index (χ4v) is 1.87. The van der Waals surface area contributed by atoms with Crippen molar-refractivity contribution in [1.29, 1.82) is 0 Å². The molecule has 0 spiro atoms. The molecule has 0 saturated heterocycles. The highest BCUT2D eigenvalue weighted by atomic mass is 32.1. The van der Waals surface area contributed by atoms with Crippen molar-refractivity contribution in [2.45, 2.75) is 37.6 Å². The highest BCUT2D eigenvalue weighted by Gasteiger charge is 2.31. The van der Waals surface area contributed by atoms with Gasteiger partial charge in [-0.3, -0.25) is 24.0 Å². The number of amides is 4. The molecule has 0 aromatic carbocycles. The molecular weight excluding hydrogens is 370 g/mol. The molecule has 4 unspecified atom stereocenters. The molecular formula is C13H23N5O7S. The maximum absolute atomic E-state index is 12.3. The van der Waals surface area contributed by atoms with Gasteiger partial charge in [-0.15, -0.1) is 0 Å². The van der Waals surface area contributed by atoms with E-state index in [1.54, 1.807) is 0 Å². The third-order valence-electron chi connectivity index (χ3n) is 3.05. The Morgan fingerprint density at radius 2 is 1.65 bits per heavy atom.